The molecular formula is C14H24N4. The van der Waals surface area contributed by atoms with E-state index in [1.54, 1.807) is 0 Å². The quantitative estimate of drug-likeness (QED) is 0.884. The van der Waals surface area contributed by atoms with Crippen LogP contribution in [0.25, 0.3) is 0 Å². The largest absolute Gasteiger partial charge is 0.306 e. The Morgan fingerprint density at radius 3 is 3.06 bits per heavy atom. The Kier molecular flexibility index (Phi) is 3.39. The van der Waals surface area contributed by atoms with Gasteiger partial charge in [-0.2, -0.15) is 5.10 Å². The molecule has 2 fully saturated rings. The van der Waals surface area contributed by atoms with E-state index in [0.29, 0.717) is 12.1 Å². The summed E-state index contributed by atoms with van der Waals surface area (Å²) in [5.74, 6) is 0. The molecule has 2 aliphatic heterocycles. The molecule has 3 atom stereocenters. The summed E-state index contributed by atoms with van der Waals surface area (Å²) in [6.07, 6.45) is 7.29. The van der Waals surface area contributed by atoms with Crippen LogP contribution in [-0.2, 0) is 7.05 Å². The lowest BCUT2D eigenvalue weighted by atomic mass is 9.96. The molecule has 0 spiro atoms. The third kappa shape index (κ3) is 2.31. The molecule has 0 saturated carbocycles. The maximum absolute atomic E-state index is 4.25. The summed E-state index contributed by atoms with van der Waals surface area (Å²) < 4.78 is 1.97. The number of piperidine rings is 1. The van der Waals surface area contributed by atoms with Crippen molar-refractivity contribution in [3.05, 3.63) is 18.0 Å². The van der Waals surface area contributed by atoms with Gasteiger partial charge in [0.25, 0.3) is 0 Å². The number of hydrogen-bond acceptors (Lipinski definition) is 3. The summed E-state index contributed by atoms with van der Waals surface area (Å²) >= 11 is 0. The first kappa shape index (κ1) is 12.2. The van der Waals surface area contributed by atoms with Crippen molar-refractivity contribution in [2.75, 3.05) is 13.1 Å². The first-order valence-corrected chi connectivity index (χ1v) is 7.22. The Morgan fingerprint density at radius 2 is 2.28 bits per heavy atom. The smallest absolute Gasteiger partial charge is 0.0547 e. The van der Waals surface area contributed by atoms with E-state index in [-0.39, 0.29) is 0 Å². The molecule has 1 N–H and O–H groups in total. The molecule has 100 valence electrons. The predicted molar refractivity (Wildman–Crippen MR) is 72.4 cm³/mol. The van der Waals surface area contributed by atoms with Crippen LogP contribution >= 0.6 is 0 Å². The predicted octanol–water partition coefficient (Wildman–Crippen LogP) is 1.70. The van der Waals surface area contributed by atoms with Gasteiger partial charge >= 0.3 is 0 Å². The minimum absolute atomic E-state index is 0.399. The molecule has 0 bridgehead atoms. The number of aromatic nitrogens is 2. The van der Waals surface area contributed by atoms with Crippen LogP contribution in [0.5, 0.6) is 0 Å². The number of fused-ring (bicyclic) bond motifs is 1. The van der Waals surface area contributed by atoms with Gasteiger partial charge in [-0.1, -0.05) is 0 Å². The van der Waals surface area contributed by atoms with E-state index < -0.39 is 0 Å². The van der Waals surface area contributed by atoms with Crippen molar-refractivity contribution in [3.63, 3.8) is 0 Å². The first-order valence-electron chi connectivity index (χ1n) is 7.22. The van der Waals surface area contributed by atoms with E-state index in [1.165, 1.54) is 44.5 Å². The summed E-state index contributed by atoms with van der Waals surface area (Å²) in [6, 6.07) is 4.03. The fourth-order valence-corrected chi connectivity index (χ4v) is 3.62. The Morgan fingerprint density at radius 1 is 1.39 bits per heavy atom. The van der Waals surface area contributed by atoms with Gasteiger partial charge < -0.3 is 10.2 Å². The summed E-state index contributed by atoms with van der Waals surface area (Å²) in [5, 5.41) is 8.04. The Balaban J connectivity index is 1.58. The first-order chi connectivity index (χ1) is 8.74. The van der Waals surface area contributed by atoms with Gasteiger partial charge in [0.2, 0.25) is 0 Å². The molecule has 0 radical (unpaired) electrons. The zero-order chi connectivity index (χ0) is 12.5. The second kappa shape index (κ2) is 5.02. The highest BCUT2D eigenvalue weighted by molar-refractivity contribution is 5.06. The van der Waals surface area contributed by atoms with Gasteiger partial charge in [-0.25, -0.2) is 0 Å². The fourth-order valence-electron chi connectivity index (χ4n) is 3.62. The van der Waals surface area contributed by atoms with Crippen molar-refractivity contribution in [1.82, 2.24) is 20.0 Å². The zero-order valence-corrected chi connectivity index (χ0v) is 11.5. The molecule has 2 aliphatic rings. The molecule has 3 unspecified atom stereocenters. The van der Waals surface area contributed by atoms with Crippen molar-refractivity contribution >= 4 is 0 Å². The molecule has 0 aromatic carbocycles. The molecule has 2 saturated heterocycles. The number of nitrogens with zero attached hydrogens (tertiary/aromatic N) is 3. The average molecular weight is 248 g/mol. The van der Waals surface area contributed by atoms with E-state index in [1.807, 2.05) is 17.9 Å². The monoisotopic (exact) mass is 248 g/mol. The van der Waals surface area contributed by atoms with Crippen molar-refractivity contribution in [2.24, 2.45) is 7.05 Å². The summed E-state index contributed by atoms with van der Waals surface area (Å²) in [5.41, 5.74) is 1.28. The molecule has 1 aromatic heterocycles. The van der Waals surface area contributed by atoms with E-state index >= 15 is 0 Å². The van der Waals surface area contributed by atoms with Gasteiger partial charge in [0, 0.05) is 31.4 Å². The molecule has 4 heteroatoms. The van der Waals surface area contributed by atoms with Crippen LogP contribution in [0.1, 0.15) is 44.3 Å². The fraction of sp³-hybridized carbons (Fsp3) is 0.786. The van der Waals surface area contributed by atoms with Crippen LogP contribution in [0.15, 0.2) is 12.3 Å². The number of rotatable bonds is 3. The summed E-state index contributed by atoms with van der Waals surface area (Å²) in [4.78, 5) is 2.67. The summed E-state index contributed by atoms with van der Waals surface area (Å²) in [7, 11) is 2.02. The van der Waals surface area contributed by atoms with Crippen LogP contribution in [0.4, 0.5) is 0 Å². The Bertz CT molecular complexity index is 400. The molecule has 1 aromatic rings. The van der Waals surface area contributed by atoms with Crippen molar-refractivity contribution < 1.29 is 0 Å². The van der Waals surface area contributed by atoms with Gasteiger partial charge in [0.15, 0.2) is 0 Å². The topological polar surface area (TPSA) is 33.1 Å². The number of aryl methyl sites for hydroxylation is 1. The molecule has 0 aliphatic carbocycles. The van der Waals surface area contributed by atoms with Gasteiger partial charge in [-0.05, 0) is 51.8 Å². The molecule has 0 amide bonds. The lowest BCUT2D eigenvalue weighted by Crippen LogP contribution is -2.46. The van der Waals surface area contributed by atoms with Gasteiger partial charge in [0.1, 0.15) is 0 Å². The third-order valence-corrected chi connectivity index (χ3v) is 4.61. The van der Waals surface area contributed by atoms with Crippen molar-refractivity contribution in [3.8, 4) is 0 Å². The standard InChI is InChI=1S/C14H24N4/c1-11(14-5-7-15-17(14)2)16-12-6-9-18-8-3-4-13(18)10-12/h5,7,11-13,16H,3-4,6,8-10H2,1-2H3. The minimum atomic E-state index is 0.399. The van der Waals surface area contributed by atoms with E-state index in [2.05, 4.69) is 28.3 Å². The summed E-state index contributed by atoms with van der Waals surface area (Å²) in [6.45, 7) is 4.85. The van der Waals surface area contributed by atoms with E-state index in [0.717, 1.165) is 6.04 Å². The van der Waals surface area contributed by atoms with Gasteiger partial charge in [-0.3, -0.25) is 4.68 Å². The van der Waals surface area contributed by atoms with Crippen LogP contribution in [0.3, 0.4) is 0 Å². The van der Waals surface area contributed by atoms with Crippen LogP contribution < -0.4 is 5.32 Å². The normalized spacial score (nSPS) is 30.3. The Hall–Kier alpha value is -0.870. The number of nitrogens with one attached hydrogen (secondary N) is 1. The molecular weight excluding hydrogens is 224 g/mol. The lowest BCUT2D eigenvalue weighted by Gasteiger charge is -2.36. The maximum atomic E-state index is 4.25. The maximum Gasteiger partial charge on any atom is 0.0547 e. The lowest BCUT2D eigenvalue weighted by molar-refractivity contribution is 0.161. The SMILES string of the molecule is CC(NC1CCN2CCCC2C1)c1ccnn1C. The third-order valence-electron chi connectivity index (χ3n) is 4.61. The van der Waals surface area contributed by atoms with Crippen LogP contribution in [0.2, 0.25) is 0 Å². The highest BCUT2D eigenvalue weighted by atomic mass is 15.3. The second-order valence-corrected chi connectivity index (χ2v) is 5.82. The highest BCUT2D eigenvalue weighted by Gasteiger charge is 2.32. The van der Waals surface area contributed by atoms with Gasteiger partial charge in [-0.15, -0.1) is 0 Å². The Labute approximate surface area is 109 Å². The molecule has 4 nitrogen and oxygen atoms in total. The van der Waals surface area contributed by atoms with Crippen LogP contribution in [-0.4, -0.2) is 39.9 Å². The molecule has 3 rings (SSSR count). The zero-order valence-electron chi connectivity index (χ0n) is 11.5. The van der Waals surface area contributed by atoms with E-state index in [9.17, 15) is 0 Å². The molecule has 18 heavy (non-hydrogen) atoms. The van der Waals surface area contributed by atoms with E-state index in [4.69, 9.17) is 0 Å². The average Bonchev–Trinajstić information content (AvgIpc) is 2.96. The van der Waals surface area contributed by atoms with Gasteiger partial charge in [0.05, 0.1) is 5.69 Å². The molecule has 3 heterocycles. The van der Waals surface area contributed by atoms with Crippen molar-refractivity contribution in [1.29, 1.82) is 0 Å². The van der Waals surface area contributed by atoms with Crippen LogP contribution in [0, 0.1) is 0 Å². The highest BCUT2D eigenvalue weighted by Crippen LogP contribution is 2.28. The second-order valence-electron chi connectivity index (χ2n) is 5.82. The van der Waals surface area contributed by atoms with Crippen molar-refractivity contribution in [2.45, 2.75) is 50.7 Å². The minimum Gasteiger partial charge on any atom is -0.306 e. The number of hydrogen-bond donors (Lipinski definition) is 1.